The van der Waals surface area contributed by atoms with Gasteiger partial charge in [-0.15, -0.1) is 0 Å². The largest absolute Gasteiger partial charge is 0.381 e. The van der Waals surface area contributed by atoms with Gasteiger partial charge in [0.2, 0.25) is 0 Å². The Hall–Kier alpha value is -1.08. The third kappa shape index (κ3) is 2.61. The normalized spacial score (nSPS) is 20.3. The lowest BCUT2D eigenvalue weighted by Gasteiger charge is -2.28. The molecule has 2 rings (SSSR count). The van der Waals surface area contributed by atoms with E-state index >= 15 is 0 Å². The molecule has 1 nitrogen and oxygen atoms in total. The smallest absolute Gasteiger partial charge is 0.108 e. The van der Waals surface area contributed by atoms with Crippen LogP contribution in [0, 0.1) is 6.92 Å². The molecule has 1 aliphatic carbocycles. The zero-order chi connectivity index (χ0) is 12.3. The molecule has 1 N–H and O–H groups in total. The highest BCUT2D eigenvalue weighted by atomic mass is 16.3. The van der Waals surface area contributed by atoms with Crippen LogP contribution in [0.25, 0.3) is 0 Å². The fourth-order valence-corrected chi connectivity index (χ4v) is 2.75. The van der Waals surface area contributed by atoms with Crippen molar-refractivity contribution < 1.29 is 5.11 Å². The average molecular weight is 230 g/mol. The molecule has 0 saturated heterocycles. The number of benzene rings is 1. The molecule has 0 bridgehead atoms. The highest BCUT2D eigenvalue weighted by molar-refractivity contribution is 5.37. The molecule has 0 spiro atoms. The molecule has 0 fully saturated rings. The molecular formula is C16H22O. The molecule has 92 valence electrons. The Kier molecular flexibility index (Phi) is 3.68. The Balaban J connectivity index is 2.35. The summed E-state index contributed by atoms with van der Waals surface area (Å²) in [6.07, 6.45) is 8.13. The summed E-state index contributed by atoms with van der Waals surface area (Å²) < 4.78 is 0. The fourth-order valence-electron chi connectivity index (χ4n) is 2.75. The van der Waals surface area contributed by atoms with Crippen molar-refractivity contribution >= 4 is 0 Å². The van der Waals surface area contributed by atoms with Crippen LogP contribution in [-0.2, 0) is 5.60 Å². The molecule has 0 heterocycles. The summed E-state index contributed by atoms with van der Waals surface area (Å²) in [7, 11) is 0. The minimum Gasteiger partial charge on any atom is -0.381 e. The van der Waals surface area contributed by atoms with Crippen LogP contribution in [0.4, 0.5) is 0 Å². The fraction of sp³-hybridized carbons (Fsp3) is 0.500. The van der Waals surface area contributed by atoms with Crippen molar-refractivity contribution in [3.8, 4) is 0 Å². The molecule has 17 heavy (non-hydrogen) atoms. The summed E-state index contributed by atoms with van der Waals surface area (Å²) in [5.74, 6) is 0. The van der Waals surface area contributed by atoms with E-state index in [1.54, 1.807) is 0 Å². The van der Waals surface area contributed by atoms with Gasteiger partial charge in [0.05, 0.1) is 0 Å². The lowest BCUT2D eigenvalue weighted by Crippen LogP contribution is -2.25. The summed E-state index contributed by atoms with van der Waals surface area (Å²) in [6.45, 7) is 4.01. The highest BCUT2D eigenvalue weighted by Gasteiger charge is 2.29. The van der Waals surface area contributed by atoms with Gasteiger partial charge in [0.1, 0.15) is 5.60 Å². The molecule has 0 aliphatic heterocycles. The summed E-state index contributed by atoms with van der Waals surface area (Å²) in [6, 6.07) is 8.15. The van der Waals surface area contributed by atoms with E-state index < -0.39 is 5.60 Å². The van der Waals surface area contributed by atoms with E-state index in [2.05, 4.69) is 19.1 Å². The summed E-state index contributed by atoms with van der Waals surface area (Å²) in [5, 5.41) is 10.8. The zero-order valence-electron chi connectivity index (χ0n) is 10.9. The van der Waals surface area contributed by atoms with Gasteiger partial charge in [0.25, 0.3) is 0 Å². The van der Waals surface area contributed by atoms with Crippen LogP contribution in [0.1, 0.15) is 50.2 Å². The van der Waals surface area contributed by atoms with E-state index in [0.29, 0.717) is 0 Å². The Bertz CT molecular complexity index is 415. The molecule has 1 heteroatoms. The van der Waals surface area contributed by atoms with Gasteiger partial charge in [0, 0.05) is 0 Å². The number of aliphatic hydroxyl groups is 1. The van der Waals surface area contributed by atoms with Gasteiger partial charge < -0.3 is 5.11 Å². The van der Waals surface area contributed by atoms with E-state index in [-0.39, 0.29) is 0 Å². The quantitative estimate of drug-likeness (QED) is 0.759. The van der Waals surface area contributed by atoms with Crippen LogP contribution in [0.3, 0.4) is 0 Å². The Morgan fingerprint density at radius 2 is 1.88 bits per heavy atom. The molecule has 0 radical (unpaired) electrons. The first-order valence-corrected chi connectivity index (χ1v) is 6.60. The maximum atomic E-state index is 10.8. The molecule has 1 aromatic rings. The Morgan fingerprint density at radius 1 is 1.12 bits per heavy atom. The third-order valence-corrected chi connectivity index (χ3v) is 3.84. The van der Waals surface area contributed by atoms with E-state index in [0.717, 1.165) is 18.4 Å². The van der Waals surface area contributed by atoms with Crippen molar-refractivity contribution in [1.29, 1.82) is 0 Å². The van der Waals surface area contributed by atoms with Crippen molar-refractivity contribution in [2.75, 3.05) is 0 Å². The maximum Gasteiger partial charge on any atom is 0.108 e. The number of hydrogen-bond acceptors (Lipinski definition) is 1. The van der Waals surface area contributed by atoms with E-state index in [9.17, 15) is 5.11 Å². The van der Waals surface area contributed by atoms with Crippen molar-refractivity contribution in [3.05, 3.63) is 47.0 Å². The number of allylic oxidation sites excluding steroid dienone is 1. The Morgan fingerprint density at radius 3 is 2.65 bits per heavy atom. The third-order valence-electron chi connectivity index (χ3n) is 3.84. The van der Waals surface area contributed by atoms with Crippen molar-refractivity contribution in [2.24, 2.45) is 0 Å². The van der Waals surface area contributed by atoms with Gasteiger partial charge in [-0.25, -0.2) is 0 Å². The predicted molar refractivity (Wildman–Crippen MR) is 71.9 cm³/mol. The number of hydrogen-bond donors (Lipinski definition) is 1. The van der Waals surface area contributed by atoms with Crippen LogP contribution in [-0.4, -0.2) is 5.11 Å². The van der Waals surface area contributed by atoms with Crippen molar-refractivity contribution in [2.45, 2.75) is 51.6 Å². The SMILES string of the molecule is Cc1ccccc1C(C)(O)C1=CCCCCC1. The molecular weight excluding hydrogens is 208 g/mol. The minimum atomic E-state index is -0.796. The molecule has 0 aromatic heterocycles. The van der Waals surface area contributed by atoms with Gasteiger partial charge in [-0.1, -0.05) is 36.8 Å². The van der Waals surface area contributed by atoms with Crippen molar-refractivity contribution in [1.82, 2.24) is 0 Å². The number of aryl methyl sites for hydroxylation is 1. The zero-order valence-corrected chi connectivity index (χ0v) is 10.9. The van der Waals surface area contributed by atoms with E-state index in [4.69, 9.17) is 0 Å². The highest BCUT2D eigenvalue weighted by Crippen LogP contribution is 2.35. The van der Waals surface area contributed by atoms with E-state index in [1.165, 1.54) is 30.4 Å². The lowest BCUT2D eigenvalue weighted by atomic mass is 9.83. The predicted octanol–water partition coefficient (Wildman–Crippen LogP) is 4.09. The molecule has 0 saturated carbocycles. The molecule has 1 unspecified atom stereocenters. The van der Waals surface area contributed by atoms with Gasteiger partial charge in [-0.05, 0) is 56.2 Å². The molecule has 0 amide bonds. The maximum absolute atomic E-state index is 10.8. The lowest BCUT2D eigenvalue weighted by molar-refractivity contribution is 0.0925. The number of rotatable bonds is 2. The first-order chi connectivity index (χ1) is 8.12. The molecule has 1 atom stereocenters. The second kappa shape index (κ2) is 5.05. The van der Waals surface area contributed by atoms with Gasteiger partial charge in [-0.2, -0.15) is 0 Å². The second-order valence-electron chi connectivity index (χ2n) is 5.22. The van der Waals surface area contributed by atoms with Gasteiger partial charge >= 0.3 is 0 Å². The average Bonchev–Trinajstić information content (AvgIpc) is 2.58. The summed E-state index contributed by atoms with van der Waals surface area (Å²) in [5.41, 5.74) is 2.62. The van der Waals surface area contributed by atoms with Gasteiger partial charge in [0.15, 0.2) is 0 Å². The molecule has 1 aliphatic rings. The first kappa shape index (κ1) is 12.4. The standard InChI is InChI=1S/C16H22O/c1-13-9-7-8-12-15(13)16(2,17)14-10-5-3-4-6-11-14/h7-10,12,17H,3-6,11H2,1-2H3. The van der Waals surface area contributed by atoms with Crippen molar-refractivity contribution in [3.63, 3.8) is 0 Å². The minimum absolute atomic E-state index is 0.796. The van der Waals surface area contributed by atoms with Crippen LogP contribution >= 0.6 is 0 Å². The second-order valence-corrected chi connectivity index (χ2v) is 5.22. The summed E-state index contributed by atoms with van der Waals surface area (Å²) >= 11 is 0. The topological polar surface area (TPSA) is 20.2 Å². The molecule has 1 aromatic carbocycles. The van der Waals surface area contributed by atoms with Crippen LogP contribution in [0.2, 0.25) is 0 Å². The van der Waals surface area contributed by atoms with Crippen LogP contribution in [0.5, 0.6) is 0 Å². The monoisotopic (exact) mass is 230 g/mol. The van der Waals surface area contributed by atoms with Crippen LogP contribution in [0.15, 0.2) is 35.9 Å². The van der Waals surface area contributed by atoms with E-state index in [1.807, 2.05) is 25.1 Å². The first-order valence-electron chi connectivity index (χ1n) is 6.60. The Labute approximate surface area is 104 Å². The van der Waals surface area contributed by atoms with Crippen LogP contribution < -0.4 is 0 Å². The summed E-state index contributed by atoms with van der Waals surface area (Å²) in [4.78, 5) is 0. The van der Waals surface area contributed by atoms with Gasteiger partial charge in [-0.3, -0.25) is 0 Å².